The first-order valence-electron chi connectivity index (χ1n) is 5.76. The predicted molar refractivity (Wildman–Crippen MR) is 68.0 cm³/mol. The smallest absolute Gasteiger partial charge is 0.129 e. The van der Waals surface area contributed by atoms with Crippen LogP contribution in [0.4, 0.5) is 4.39 Å². The number of rotatable bonds is 4. The molecule has 2 aromatic rings. The van der Waals surface area contributed by atoms with Gasteiger partial charge in [-0.15, -0.1) is 0 Å². The van der Waals surface area contributed by atoms with Crippen LogP contribution in [-0.2, 0) is 0 Å². The number of aliphatic hydroxyl groups is 1. The molecule has 0 heterocycles. The SMILES string of the molecule is N#Cc1cccc(OCC(O)c2ccccc2F)c1. The molecular weight excluding hydrogens is 245 g/mol. The topological polar surface area (TPSA) is 53.2 Å². The van der Waals surface area contributed by atoms with Crippen molar-refractivity contribution in [2.24, 2.45) is 0 Å². The maximum Gasteiger partial charge on any atom is 0.129 e. The lowest BCUT2D eigenvalue weighted by Gasteiger charge is -2.13. The molecule has 2 rings (SSSR count). The summed E-state index contributed by atoms with van der Waals surface area (Å²) < 4.78 is 18.8. The van der Waals surface area contributed by atoms with E-state index in [0.717, 1.165) is 0 Å². The Bertz CT molecular complexity index is 607. The molecule has 0 aliphatic rings. The van der Waals surface area contributed by atoms with E-state index in [0.29, 0.717) is 11.3 Å². The van der Waals surface area contributed by atoms with Gasteiger partial charge >= 0.3 is 0 Å². The molecule has 0 fully saturated rings. The van der Waals surface area contributed by atoms with Crippen LogP contribution in [0.15, 0.2) is 48.5 Å². The largest absolute Gasteiger partial charge is 0.490 e. The lowest BCUT2D eigenvalue weighted by atomic mass is 10.1. The molecule has 2 aromatic carbocycles. The lowest BCUT2D eigenvalue weighted by Crippen LogP contribution is -2.11. The van der Waals surface area contributed by atoms with Gasteiger partial charge in [0.1, 0.15) is 24.3 Å². The molecule has 0 spiro atoms. The lowest BCUT2D eigenvalue weighted by molar-refractivity contribution is 0.105. The summed E-state index contributed by atoms with van der Waals surface area (Å²) in [4.78, 5) is 0. The van der Waals surface area contributed by atoms with Gasteiger partial charge in [0.2, 0.25) is 0 Å². The Morgan fingerprint density at radius 3 is 2.74 bits per heavy atom. The molecule has 0 amide bonds. The molecule has 0 radical (unpaired) electrons. The van der Waals surface area contributed by atoms with Crippen LogP contribution in [0, 0.1) is 17.1 Å². The second-order valence-corrected chi connectivity index (χ2v) is 3.99. The van der Waals surface area contributed by atoms with Crippen molar-refractivity contribution >= 4 is 0 Å². The Balaban J connectivity index is 2.03. The second-order valence-electron chi connectivity index (χ2n) is 3.99. The summed E-state index contributed by atoms with van der Waals surface area (Å²) in [5, 5.41) is 18.6. The Hall–Kier alpha value is -2.38. The number of nitriles is 1. The van der Waals surface area contributed by atoms with Gasteiger partial charge in [-0.25, -0.2) is 4.39 Å². The van der Waals surface area contributed by atoms with E-state index in [1.165, 1.54) is 12.1 Å². The van der Waals surface area contributed by atoms with Gasteiger partial charge in [-0.2, -0.15) is 5.26 Å². The average Bonchev–Trinajstić information content (AvgIpc) is 2.45. The van der Waals surface area contributed by atoms with Gasteiger partial charge < -0.3 is 9.84 Å². The molecule has 96 valence electrons. The fourth-order valence-electron chi connectivity index (χ4n) is 1.67. The van der Waals surface area contributed by atoms with Gasteiger partial charge in [-0.05, 0) is 24.3 Å². The molecule has 4 heteroatoms. The van der Waals surface area contributed by atoms with E-state index >= 15 is 0 Å². The third-order valence-electron chi connectivity index (χ3n) is 2.64. The molecule has 1 N–H and O–H groups in total. The van der Waals surface area contributed by atoms with Crippen molar-refractivity contribution < 1.29 is 14.2 Å². The van der Waals surface area contributed by atoms with Gasteiger partial charge in [0.05, 0.1) is 11.6 Å². The van der Waals surface area contributed by atoms with Gasteiger partial charge in [0.25, 0.3) is 0 Å². The summed E-state index contributed by atoms with van der Waals surface area (Å²) in [6, 6.07) is 14.6. The summed E-state index contributed by atoms with van der Waals surface area (Å²) in [5.74, 6) is -0.00110. The van der Waals surface area contributed by atoms with Crippen LogP contribution in [0.25, 0.3) is 0 Å². The quantitative estimate of drug-likeness (QED) is 0.916. The van der Waals surface area contributed by atoms with Crippen LogP contribution >= 0.6 is 0 Å². The normalized spacial score (nSPS) is 11.6. The van der Waals surface area contributed by atoms with Crippen molar-refractivity contribution in [3.63, 3.8) is 0 Å². The number of benzene rings is 2. The highest BCUT2D eigenvalue weighted by Crippen LogP contribution is 2.19. The number of hydrogen-bond donors (Lipinski definition) is 1. The Morgan fingerprint density at radius 2 is 2.00 bits per heavy atom. The number of nitrogens with zero attached hydrogens (tertiary/aromatic N) is 1. The van der Waals surface area contributed by atoms with Gasteiger partial charge in [-0.1, -0.05) is 24.3 Å². The molecule has 0 bridgehead atoms. The zero-order valence-corrected chi connectivity index (χ0v) is 10.1. The van der Waals surface area contributed by atoms with Crippen molar-refractivity contribution in [3.8, 4) is 11.8 Å². The van der Waals surface area contributed by atoms with Gasteiger partial charge in [0.15, 0.2) is 0 Å². The summed E-state index contributed by atoms with van der Waals surface area (Å²) in [5.41, 5.74) is 0.664. The highest BCUT2D eigenvalue weighted by atomic mass is 19.1. The summed E-state index contributed by atoms with van der Waals surface area (Å²) in [6.07, 6.45) is -1.05. The van der Waals surface area contributed by atoms with E-state index in [4.69, 9.17) is 10.00 Å². The van der Waals surface area contributed by atoms with E-state index in [-0.39, 0.29) is 12.2 Å². The standard InChI is InChI=1S/C15H12FNO2/c16-14-7-2-1-6-13(14)15(18)10-19-12-5-3-4-11(8-12)9-17/h1-8,15,18H,10H2. The summed E-state index contributed by atoms with van der Waals surface area (Å²) in [6.45, 7) is -0.0736. The number of aliphatic hydroxyl groups excluding tert-OH is 1. The van der Waals surface area contributed by atoms with Gasteiger partial charge in [-0.3, -0.25) is 0 Å². The van der Waals surface area contributed by atoms with Crippen LogP contribution in [-0.4, -0.2) is 11.7 Å². The van der Waals surface area contributed by atoms with E-state index in [1.807, 2.05) is 6.07 Å². The predicted octanol–water partition coefficient (Wildman–Crippen LogP) is 2.81. The fourth-order valence-corrected chi connectivity index (χ4v) is 1.67. The Labute approximate surface area is 110 Å². The van der Waals surface area contributed by atoms with Crippen molar-refractivity contribution in [3.05, 3.63) is 65.5 Å². The average molecular weight is 257 g/mol. The zero-order chi connectivity index (χ0) is 13.7. The van der Waals surface area contributed by atoms with Crippen LogP contribution in [0.3, 0.4) is 0 Å². The molecule has 19 heavy (non-hydrogen) atoms. The highest BCUT2D eigenvalue weighted by molar-refractivity contribution is 5.36. The maximum atomic E-state index is 13.4. The molecule has 0 aliphatic carbocycles. The van der Waals surface area contributed by atoms with E-state index in [9.17, 15) is 9.50 Å². The first-order valence-corrected chi connectivity index (χ1v) is 5.76. The van der Waals surface area contributed by atoms with Crippen LogP contribution < -0.4 is 4.74 Å². The molecule has 1 atom stereocenters. The first-order chi connectivity index (χ1) is 9.20. The van der Waals surface area contributed by atoms with Crippen LogP contribution in [0.1, 0.15) is 17.2 Å². The molecule has 0 saturated carbocycles. The molecule has 0 aliphatic heterocycles. The first kappa shape index (κ1) is 13.1. The van der Waals surface area contributed by atoms with Crippen molar-refractivity contribution in [2.75, 3.05) is 6.61 Å². The molecular formula is C15H12FNO2. The van der Waals surface area contributed by atoms with Crippen LogP contribution in [0.2, 0.25) is 0 Å². The third kappa shape index (κ3) is 3.30. The van der Waals surface area contributed by atoms with Crippen molar-refractivity contribution in [2.45, 2.75) is 6.10 Å². The Kier molecular flexibility index (Phi) is 4.11. The number of ether oxygens (including phenoxy) is 1. The number of halogens is 1. The van der Waals surface area contributed by atoms with E-state index < -0.39 is 11.9 Å². The minimum atomic E-state index is -1.05. The zero-order valence-electron chi connectivity index (χ0n) is 10.1. The molecule has 1 unspecified atom stereocenters. The minimum absolute atomic E-state index is 0.0736. The monoisotopic (exact) mass is 257 g/mol. The molecule has 0 saturated heterocycles. The summed E-state index contributed by atoms with van der Waals surface area (Å²) >= 11 is 0. The maximum absolute atomic E-state index is 13.4. The van der Waals surface area contributed by atoms with Crippen molar-refractivity contribution in [1.29, 1.82) is 5.26 Å². The third-order valence-corrected chi connectivity index (χ3v) is 2.64. The van der Waals surface area contributed by atoms with Gasteiger partial charge in [0, 0.05) is 5.56 Å². The number of hydrogen-bond acceptors (Lipinski definition) is 3. The molecule has 3 nitrogen and oxygen atoms in total. The Morgan fingerprint density at radius 1 is 1.21 bits per heavy atom. The van der Waals surface area contributed by atoms with Crippen molar-refractivity contribution in [1.82, 2.24) is 0 Å². The van der Waals surface area contributed by atoms with E-state index in [2.05, 4.69) is 0 Å². The van der Waals surface area contributed by atoms with Crippen LogP contribution in [0.5, 0.6) is 5.75 Å². The highest BCUT2D eigenvalue weighted by Gasteiger charge is 2.12. The fraction of sp³-hybridized carbons (Fsp3) is 0.133. The summed E-state index contributed by atoms with van der Waals surface area (Å²) in [7, 11) is 0. The van der Waals surface area contributed by atoms with E-state index in [1.54, 1.807) is 36.4 Å². The second kappa shape index (κ2) is 5.98. The minimum Gasteiger partial charge on any atom is -0.490 e. The molecule has 0 aromatic heterocycles.